The van der Waals surface area contributed by atoms with Crippen LogP contribution in [-0.4, -0.2) is 16.4 Å². The van der Waals surface area contributed by atoms with E-state index in [1.807, 2.05) is 104 Å². The second kappa shape index (κ2) is 7.85. The SMILES string of the molecule is CC(C)(C)C(=O)Nn1c2c(c(-c3ccc(Br)cc3)c1-c1ccccc1)C(=O)c1ccccc1-2. The van der Waals surface area contributed by atoms with E-state index >= 15 is 0 Å². The van der Waals surface area contributed by atoms with Crippen LogP contribution in [0.1, 0.15) is 36.7 Å². The van der Waals surface area contributed by atoms with Gasteiger partial charge in [-0.25, -0.2) is 0 Å². The smallest absolute Gasteiger partial charge is 0.244 e. The molecule has 4 nitrogen and oxygen atoms in total. The second-order valence-electron chi connectivity index (χ2n) is 9.22. The van der Waals surface area contributed by atoms with Crippen LogP contribution >= 0.6 is 15.9 Å². The van der Waals surface area contributed by atoms with E-state index in [1.165, 1.54) is 0 Å². The third-order valence-electron chi connectivity index (χ3n) is 5.90. The number of amides is 1. The van der Waals surface area contributed by atoms with E-state index in [9.17, 15) is 9.59 Å². The highest BCUT2D eigenvalue weighted by atomic mass is 79.9. The number of carbonyl (C=O) groups excluding carboxylic acids is 2. The predicted octanol–water partition coefficient (Wildman–Crippen LogP) is 6.91. The first-order valence-electron chi connectivity index (χ1n) is 10.8. The van der Waals surface area contributed by atoms with Crippen LogP contribution in [0.15, 0.2) is 83.3 Å². The minimum atomic E-state index is -0.606. The fourth-order valence-corrected chi connectivity index (χ4v) is 4.48. The van der Waals surface area contributed by atoms with Crippen LogP contribution in [0.3, 0.4) is 0 Å². The maximum absolute atomic E-state index is 13.7. The van der Waals surface area contributed by atoms with E-state index in [2.05, 4.69) is 21.4 Å². The lowest BCUT2D eigenvalue weighted by atomic mass is 9.95. The molecule has 0 atom stereocenters. The predicted molar refractivity (Wildman–Crippen MR) is 136 cm³/mol. The minimum Gasteiger partial charge on any atom is -0.288 e. The van der Waals surface area contributed by atoms with Crippen molar-refractivity contribution in [1.82, 2.24) is 4.68 Å². The van der Waals surface area contributed by atoms with E-state index in [0.717, 1.165) is 38.1 Å². The van der Waals surface area contributed by atoms with Crippen LogP contribution < -0.4 is 5.43 Å². The van der Waals surface area contributed by atoms with Gasteiger partial charge in [0.15, 0.2) is 5.78 Å². The molecule has 3 aromatic carbocycles. The molecule has 164 valence electrons. The number of rotatable bonds is 3. The second-order valence-corrected chi connectivity index (χ2v) is 10.1. The average Bonchev–Trinajstić information content (AvgIpc) is 3.28. The van der Waals surface area contributed by atoms with Gasteiger partial charge in [-0.05, 0) is 17.7 Å². The Morgan fingerprint density at radius 2 is 1.36 bits per heavy atom. The van der Waals surface area contributed by atoms with Crippen molar-refractivity contribution >= 4 is 27.6 Å². The highest BCUT2D eigenvalue weighted by Crippen LogP contribution is 2.48. The third kappa shape index (κ3) is 3.53. The van der Waals surface area contributed by atoms with E-state index in [0.29, 0.717) is 11.1 Å². The number of aromatic nitrogens is 1. The average molecular weight is 499 g/mol. The van der Waals surface area contributed by atoms with Gasteiger partial charge in [0.25, 0.3) is 0 Å². The molecule has 0 saturated heterocycles. The molecule has 0 bridgehead atoms. The van der Waals surface area contributed by atoms with Crippen LogP contribution in [0.5, 0.6) is 0 Å². The zero-order valence-electron chi connectivity index (χ0n) is 18.6. The first kappa shape index (κ1) is 21.4. The van der Waals surface area contributed by atoms with E-state index in [-0.39, 0.29) is 11.7 Å². The summed E-state index contributed by atoms with van der Waals surface area (Å²) in [6, 6.07) is 25.4. The van der Waals surface area contributed by atoms with Crippen molar-refractivity contribution in [3.05, 3.63) is 94.5 Å². The van der Waals surface area contributed by atoms with E-state index < -0.39 is 5.41 Å². The standard InChI is InChI=1S/C28H23BrN2O2/c1-28(2,3)27(33)30-31-24(18-9-5-4-6-10-18)22(17-13-15-19(29)16-14-17)23-25(31)20-11-7-8-12-21(20)26(23)32/h4-16H,1-3H3,(H,30,33). The largest absolute Gasteiger partial charge is 0.288 e. The minimum absolute atomic E-state index is 0.0283. The molecule has 5 rings (SSSR count). The van der Waals surface area contributed by atoms with Gasteiger partial charge in [0, 0.05) is 32.1 Å². The van der Waals surface area contributed by atoms with Gasteiger partial charge in [0.05, 0.1) is 17.0 Å². The topological polar surface area (TPSA) is 51.1 Å². The summed E-state index contributed by atoms with van der Waals surface area (Å²) in [4.78, 5) is 26.9. The molecule has 33 heavy (non-hydrogen) atoms. The molecule has 1 aliphatic carbocycles. The van der Waals surface area contributed by atoms with Crippen LogP contribution in [0, 0.1) is 5.41 Å². The lowest BCUT2D eigenvalue weighted by Crippen LogP contribution is -2.34. The molecule has 1 N–H and O–H groups in total. The fraction of sp³-hybridized carbons (Fsp3) is 0.143. The fourth-order valence-electron chi connectivity index (χ4n) is 4.22. The molecule has 0 radical (unpaired) electrons. The van der Waals surface area contributed by atoms with E-state index in [4.69, 9.17) is 0 Å². The molecule has 4 aromatic rings. The lowest BCUT2D eigenvalue weighted by Gasteiger charge is -2.22. The zero-order chi connectivity index (χ0) is 23.3. The quantitative estimate of drug-likeness (QED) is 0.293. The van der Waals surface area contributed by atoms with Gasteiger partial charge in [0.2, 0.25) is 5.91 Å². The number of nitrogens with one attached hydrogen (secondary N) is 1. The lowest BCUT2D eigenvalue weighted by molar-refractivity contribution is -0.124. The van der Waals surface area contributed by atoms with Gasteiger partial charge in [-0.1, -0.05) is 103 Å². The number of nitrogens with zero attached hydrogens (tertiary/aromatic N) is 1. The van der Waals surface area contributed by atoms with Crippen molar-refractivity contribution in [2.45, 2.75) is 20.8 Å². The Hall–Kier alpha value is -3.44. The van der Waals surface area contributed by atoms with Crippen LogP contribution in [0.25, 0.3) is 33.6 Å². The molecule has 0 spiro atoms. The van der Waals surface area contributed by atoms with E-state index in [1.54, 1.807) is 0 Å². The third-order valence-corrected chi connectivity index (χ3v) is 6.43. The first-order chi connectivity index (χ1) is 15.8. The Bertz CT molecular complexity index is 1390. The Labute approximate surface area is 201 Å². The van der Waals surface area contributed by atoms with Crippen molar-refractivity contribution in [1.29, 1.82) is 0 Å². The summed E-state index contributed by atoms with van der Waals surface area (Å²) in [5, 5.41) is 0. The summed E-state index contributed by atoms with van der Waals surface area (Å²) >= 11 is 3.51. The van der Waals surface area contributed by atoms with Crippen molar-refractivity contribution < 1.29 is 9.59 Å². The molecule has 1 amide bonds. The molecule has 0 saturated carbocycles. The Morgan fingerprint density at radius 1 is 0.758 bits per heavy atom. The van der Waals surface area contributed by atoms with Crippen LogP contribution in [0.2, 0.25) is 0 Å². The number of carbonyl (C=O) groups is 2. The maximum Gasteiger partial charge on any atom is 0.244 e. The normalized spacial score (nSPS) is 12.4. The van der Waals surface area contributed by atoms with Gasteiger partial charge in [-0.2, -0.15) is 0 Å². The number of hydrogen-bond donors (Lipinski definition) is 1. The van der Waals surface area contributed by atoms with Crippen molar-refractivity contribution in [3.8, 4) is 33.6 Å². The molecule has 1 heterocycles. The molecule has 0 fully saturated rings. The molecular formula is C28H23BrN2O2. The first-order valence-corrected chi connectivity index (χ1v) is 11.6. The number of fused-ring (bicyclic) bond motifs is 3. The van der Waals surface area contributed by atoms with Gasteiger partial charge < -0.3 is 0 Å². The summed E-state index contributed by atoms with van der Waals surface area (Å²) in [7, 11) is 0. The number of benzene rings is 3. The van der Waals surface area contributed by atoms with Gasteiger partial charge in [-0.15, -0.1) is 0 Å². The van der Waals surface area contributed by atoms with Crippen LogP contribution in [0.4, 0.5) is 0 Å². The van der Waals surface area contributed by atoms with Gasteiger partial charge in [-0.3, -0.25) is 19.7 Å². The molecular weight excluding hydrogens is 476 g/mol. The number of halogens is 1. The van der Waals surface area contributed by atoms with Gasteiger partial charge in [0.1, 0.15) is 0 Å². The monoisotopic (exact) mass is 498 g/mol. The molecule has 5 heteroatoms. The summed E-state index contributed by atoms with van der Waals surface area (Å²) < 4.78 is 2.78. The molecule has 1 aromatic heterocycles. The molecule has 0 aliphatic heterocycles. The molecule has 1 aliphatic rings. The highest BCUT2D eigenvalue weighted by molar-refractivity contribution is 9.10. The Morgan fingerprint density at radius 3 is 2.00 bits per heavy atom. The number of hydrogen-bond acceptors (Lipinski definition) is 2. The number of ketones is 1. The van der Waals surface area contributed by atoms with Gasteiger partial charge >= 0.3 is 0 Å². The van der Waals surface area contributed by atoms with Crippen molar-refractivity contribution in [2.24, 2.45) is 5.41 Å². The summed E-state index contributed by atoms with van der Waals surface area (Å²) in [6.45, 7) is 5.63. The van der Waals surface area contributed by atoms with Crippen molar-refractivity contribution in [3.63, 3.8) is 0 Å². The summed E-state index contributed by atoms with van der Waals surface area (Å²) in [6.07, 6.45) is 0. The van der Waals surface area contributed by atoms with Crippen LogP contribution in [-0.2, 0) is 4.79 Å². The Balaban J connectivity index is 1.90. The zero-order valence-corrected chi connectivity index (χ0v) is 20.2. The Kier molecular flexibility index (Phi) is 5.09. The summed E-state index contributed by atoms with van der Waals surface area (Å²) in [5.74, 6) is -0.156. The summed E-state index contributed by atoms with van der Waals surface area (Å²) in [5.41, 5.74) is 8.79. The van der Waals surface area contributed by atoms with Crippen molar-refractivity contribution in [2.75, 3.05) is 5.43 Å². The maximum atomic E-state index is 13.7. The highest BCUT2D eigenvalue weighted by Gasteiger charge is 2.38. The molecule has 0 unspecified atom stereocenters.